The Balaban J connectivity index is 1.34. The van der Waals surface area contributed by atoms with E-state index in [4.69, 9.17) is 19.1 Å². The summed E-state index contributed by atoms with van der Waals surface area (Å²) in [7, 11) is 1.66. The molecular weight excluding hydrogens is 404 g/mol. The van der Waals surface area contributed by atoms with Crippen LogP contribution >= 0.6 is 0 Å². The lowest BCUT2D eigenvalue weighted by atomic mass is 9.87. The zero-order valence-electron chi connectivity index (χ0n) is 18.7. The van der Waals surface area contributed by atoms with Crippen molar-refractivity contribution >= 4 is 0 Å². The molecular formula is C25H26N4O3. The van der Waals surface area contributed by atoms with Crippen LogP contribution in [0.25, 0.3) is 23.0 Å². The van der Waals surface area contributed by atoms with E-state index in [0.29, 0.717) is 30.6 Å². The summed E-state index contributed by atoms with van der Waals surface area (Å²) in [5.41, 5.74) is 5.01. The largest absolute Gasteiger partial charge is 0.497 e. The zero-order chi connectivity index (χ0) is 22.3. The van der Waals surface area contributed by atoms with Crippen LogP contribution in [-0.2, 0) is 23.3 Å². The van der Waals surface area contributed by atoms with Crippen LogP contribution in [0.4, 0.5) is 0 Å². The minimum absolute atomic E-state index is 0.0688. The third-order valence-electron chi connectivity index (χ3n) is 5.78. The van der Waals surface area contributed by atoms with Gasteiger partial charge in [0.2, 0.25) is 5.82 Å². The highest BCUT2D eigenvalue weighted by Crippen LogP contribution is 2.30. The van der Waals surface area contributed by atoms with Gasteiger partial charge in [0.05, 0.1) is 26.0 Å². The summed E-state index contributed by atoms with van der Waals surface area (Å²) < 4.78 is 18.8. The summed E-state index contributed by atoms with van der Waals surface area (Å²) in [6.45, 7) is 7.67. The summed E-state index contributed by atoms with van der Waals surface area (Å²) in [5, 5.41) is 8.86. The van der Waals surface area contributed by atoms with Crippen LogP contribution in [-0.4, -0.2) is 27.0 Å². The number of methoxy groups -OCH3 is 1. The molecule has 0 spiro atoms. The Hall–Kier alpha value is -3.45. The van der Waals surface area contributed by atoms with Crippen molar-refractivity contribution in [1.82, 2.24) is 19.9 Å². The van der Waals surface area contributed by atoms with Gasteiger partial charge >= 0.3 is 0 Å². The fourth-order valence-electron chi connectivity index (χ4n) is 3.81. The van der Waals surface area contributed by atoms with E-state index in [0.717, 1.165) is 22.6 Å². The van der Waals surface area contributed by atoms with Crippen LogP contribution in [0.5, 0.6) is 5.75 Å². The molecule has 0 radical (unpaired) electrons. The minimum Gasteiger partial charge on any atom is -0.497 e. The molecule has 5 rings (SSSR count). The van der Waals surface area contributed by atoms with E-state index in [1.165, 1.54) is 5.56 Å². The fraction of sp³-hybridized carbons (Fsp3) is 0.320. The van der Waals surface area contributed by atoms with E-state index in [1.54, 1.807) is 7.11 Å². The van der Waals surface area contributed by atoms with E-state index in [2.05, 4.69) is 43.0 Å². The van der Waals surface area contributed by atoms with Gasteiger partial charge in [0.1, 0.15) is 11.9 Å². The summed E-state index contributed by atoms with van der Waals surface area (Å²) in [5.74, 6) is 1.79. The zero-order valence-corrected chi connectivity index (χ0v) is 18.7. The Morgan fingerprint density at radius 2 is 1.78 bits per heavy atom. The molecule has 7 heteroatoms. The number of rotatable bonds is 4. The Kier molecular flexibility index (Phi) is 5.06. The average Bonchev–Trinajstić information content (AvgIpc) is 3.45. The highest BCUT2D eigenvalue weighted by molar-refractivity contribution is 5.58. The van der Waals surface area contributed by atoms with Gasteiger partial charge in [-0.15, -0.1) is 0 Å². The third-order valence-corrected chi connectivity index (χ3v) is 5.78. The molecule has 0 aliphatic carbocycles. The van der Waals surface area contributed by atoms with Crippen LogP contribution in [0, 0.1) is 0 Å². The van der Waals surface area contributed by atoms with Gasteiger partial charge in [-0.05, 0) is 34.7 Å². The van der Waals surface area contributed by atoms with E-state index in [9.17, 15) is 0 Å². The van der Waals surface area contributed by atoms with Gasteiger partial charge in [-0.25, -0.2) is 0 Å². The first-order chi connectivity index (χ1) is 15.4. The smallest absolute Gasteiger partial charge is 0.278 e. The molecule has 0 fully saturated rings. The molecule has 0 N–H and O–H groups in total. The standard InChI is InChI=1S/C25H26N4O3/c1-25(2,3)18-9-5-17(6-10-18)23-26-24(32-28-23)21-13-19-15-31-22(14-29(19)27-21)16-7-11-20(30-4)12-8-16/h5-13,22H,14-15H2,1-4H3. The van der Waals surface area contributed by atoms with Crippen molar-refractivity contribution < 1.29 is 14.0 Å². The molecule has 0 saturated carbocycles. The molecule has 2 aromatic heterocycles. The number of fused-ring (bicyclic) bond motifs is 1. The summed E-state index contributed by atoms with van der Waals surface area (Å²) >= 11 is 0. The molecule has 0 amide bonds. The number of nitrogens with zero attached hydrogens (tertiary/aromatic N) is 4. The quantitative estimate of drug-likeness (QED) is 0.444. The monoisotopic (exact) mass is 430 g/mol. The van der Waals surface area contributed by atoms with Crippen molar-refractivity contribution in [2.75, 3.05) is 7.11 Å². The molecule has 4 aromatic rings. The first-order valence-corrected chi connectivity index (χ1v) is 10.7. The summed E-state index contributed by atoms with van der Waals surface area (Å²) in [4.78, 5) is 4.57. The highest BCUT2D eigenvalue weighted by Gasteiger charge is 2.24. The second kappa shape index (κ2) is 7.91. The van der Waals surface area contributed by atoms with Crippen LogP contribution < -0.4 is 4.74 Å². The molecule has 1 aliphatic rings. The highest BCUT2D eigenvalue weighted by atomic mass is 16.5. The summed E-state index contributed by atoms with van der Waals surface area (Å²) in [6.07, 6.45) is -0.0688. The second-order valence-electron chi connectivity index (χ2n) is 9.03. The molecule has 7 nitrogen and oxygen atoms in total. The third kappa shape index (κ3) is 3.91. The molecule has 3 heterocycles. The Labute approximate surface area is 187 Å². The lowest BCUT2D eigenvalue weighted by Gasteiger charge is -2.24. The molecule has 1 aliphatic heterocycles. The Morgan fingerprint density at radius 3 is 2.47 bits per heavy atom. The molecule has 164 valence electrons. The van der Waals surface area contributed by atoms with Gasteiger partial charge in [0.25, 0.3) is 5.89 Å². The first-order valence-electron chi connectivity index (χ1n) is 10.7. The number of aromatic nitrogens is 4. The average molecular weight is 431 g/mol. The van der Waals surface area contributed by atoms with Crippen molar-refractivity contribution in [3.8, 4) is 28.7 Å². The maximum atomic E-state index is 6.06. The van der Waals surface area contributed by atoms with Gasteiger partial charge < -0.3 is 14.0 Å². The molecule has 32 heavy (non-hydrogen) atoms. The fourth-order valence-corrected chi connectivity index (χ4v) is 3.81. The second-order valence-corrected chi connectivity index (χ2v) is 9.03. The number of hydrogen-bond acceptors (Lipinski definition) is 6. The van der Waals surface area contributed by atoms with Crippen molar-refractivity contribution in [3.63, 3.8) is 0 Å². The predicted octanol–water partition coefficient (Wildman–Crippen LogP) is 5.18. The van der Waals surface area contributed by atoms with Crippen molar-refractivity contribution in [2.45, 2.75) is 45.4 Å². The van der Waals surface area contributed by atoms with Gasteiger partial charge in [-0.3, -0.25) is 4.68 Å². The number of hydrogen-bond donors (Lipinski definition) is 0. The van der Waals surface area contributed by atoms with Crippen LogP contribution in [0.2, 0.25) is 0 Å². The van der Waals surface area contributed by atoms with Gasteiger partial charge in [0.15, 0.2) is 5.69 Å². The molecule has 2 aromatic carbocycles. The van der Waals surface area contributed by atoms with Crippen LogP contribution in [0.15, 0.2) is 59.1 Å². The van der Waals surface area contributed by atoms with Gasteiger partial charge in [-0.1, -0.05) is 62.3 Å². The van der Waals surface area contributed by atoms with Crippen molar-refractivity contribution in [2.24, 2.45) is 0 Å². The number of ether oxygens (including phenoxy) is 2. The lowest BCUT2D eigenvalue weighted by Crippen LogP contribution is -2.21. The lowest BCUT2D eigenvalue weighted by molar-refractivity contribution is -0.00115. The maximum Gasteiger partial charge on any atom is 0.278 e. The first kappa shape index (κ1) is 20.5. The summed E-state index contributed by atoms with van der Waals surface area (Å²) in [6, 6.07) is 18.1. The van der Waals surface area contributed by atoms with Crippen molar-refractivity contribution in [3.05, 3.63) is 71.4 Å². The Morgan fingerprint density at radius 1 is 1.03 bits per heavy atom. The SMILES string of the molecule is COc1ccc(C2Cn3nc(-c4nc(-c5ccc(C(C)(C)C)cc5)no4)cc3CO2)cc1. The predicted molar refractivity (Wildman–Crippen MR) is 120 cm³/mol. The van der Waals surface area contributed by atoms with Crippen LogP contribution in [0.3, 0.4) is 0 Å². The van der Waals surface area contributed by atoms with E-state index < -0.39 is 0 Å². The molecule has 1 atom stereocenters. The van der Waals surface area contributed by atoms with E-state index >= 15 is 0 Å². The van der Waals surface area contributed by atoms with E-state index in [1.807, 2.05) is 47.1 Å². The molecule has 1 unspecified atom stereocenters. The molecule has 0 bridgehead atoms. The van der Waals surface area contributed by atoms with Crippen molar-refractivity contribution in [1.29, 1.82) is 0 Å². The van der Waals surface area contributed by atoms with Crippen LogP contribution in [0.1, 0.15) is 43.7 Å². The Bertz CT molecular complexity index is 1220. The number of benzene rings is 2. The maximum absolute atomic E-state index is 6.06. The molecule has 0 saturated heterocycles. The topological polar surface area (TPSA) is 75.2 Å². The minimum atomic E-state index is -0.0688. The van der Waals surface area contributed by atoms with E-state index in [-0.39, 0.29) is 11.5 Å². The van der Waals surface area contributed by atoms with Gasteiger partial charge in [0, 0.05) is 5.56 Å². The van der Waals surface area contributed by atoms with Gasteiger partial charge in [-0.2, -0.15) is 10.1 Å². The normalized spacial score (nSPS) is 16.1.